The Kier molecular flexibility index (Phi) is 80.5. The van der Waals surface area contributed by atoms with Gasteiger partial charge in [0.15, 0.2) is 0 Å². The minimum Gasteiger partial charge on any atom is -0.462 e. The second-order valence-corrected chi connectivity index (χ2v) is 29.1. The number of carbonyl (C=O) groups excluding carboxylic acids is 4. The lowest BCUT2D eigenvalue weighted by Gasteiger charge is -2.27. The summed E-state index contributed by atoms with van der Waals surface area (Å²) in [5.74, 6) is -1.45. The van der Waals surface area contributed by atoms with Crippen LogP contribution in [-0.2, 0) is 104 Å². The Hall–Kier alpha value is -3.68. The fourth-order valence-corrected chi connectivity index (χ4v) is 10.5. The van der Waals surface area contributed by atoms with Crippen LogP contribution in [-0.4, -0.2) is 296 Å². The first-order valence-electron chi connectivity index (χ1n) is 42.4. The number of ether oxygens (including phenoxy) is 20. The summed E-state index contributed by atoms with van der Waals surface area (Å²) in [7, 11) is 1.47. The van der Waals surface area contributed by atoms with E-state index in [-0.39, 0.29) is 52.2 Å². The number of allylic oxidation sites excluding steroid dienone is 4. The molecule has 2 amide bonds. The SMILES string of the molecule is CCCCCCCC/C=C\CCCCCCCCOCC(COCCOCCOCCOCCOCCOCCOCCOCCOCCOCCOCCOCCOCCOC(=O)CN(CCOC(=O)CN(CCOC)C(=O)OC(C)(C)C)C(=O)OC(C)(C)C)OCCCCCCCC/C=C\CCCCCCCC. The predicted octanol–water partition coefficient (Wildman–Crippen LogP) is 14.9. The molecule has 1 atom stereocenters. The van der Waals surface area contributed by atoms with E-state index in [4.69, 9.17) is 94.7 Å². The number of unbranched alkanes of at least 4 members (excludes halogenated alkanes) is 24. The Morgan fingerprint density at radius 1 is 0.282 bits per heavy atom. The summed E-state index contributed by atoms with van der Waals surface area (Å²) in [5.41, 5.74) is -1.63. The highest BCUT2D eigenvalue weighted by Gasteiger charge is 2.27. The van der Waals surface area contributed by atoms with Gasteiger partial charge in [0, 0.05) is 26.9 Å². The summed E-state index contributed by atoms with van der Waals surface area (Å²) in [6.07, 6.45) is 44.3. The van der Waals surface area contributed by atoms with Crippen molar-refractivity contribution in [3.05, 3.63) is 24.3 Å². The third kappa shape index (κ3) is 83.7. The van der Waals surface area contributed by atoms with Crippen molar-refractivity contribution in [1.29, 1.82) is 0 Å². The fraction of sp³-hybridized carbons (Fsp3) is 0.905. The van der Waals surface area contributed by atoms with E-state index in [0.29, 0.717) is 165 Å². The van der Waals surface area contributed by atoms with Gasteiger partial charge in [-0.15, -0.1) is 0 Å². The van der Waals surface area contributed by atoms with Crippen molar-refractivity contribution < 1.29 is 114 Å². The zero-order chi connectivity index (χ0) is 80.3. The van der Waals surface area contributed by atoms with Crippen LogP contribution in [0.25, 0.3) is 0 Å². The molecule has 0 spiro atoms. The number of nitrogens with zero attached hydrogens (tertiary/aromatic N) is 2. The molecule has 0 bridgehead atoms. The molecule has 1 unspecified atom stereocenters. The average Bonchev–Trinajstić information content (AvgIpc) is 0.895. The van der Waals surface area contributed by atoms with Crippen molar-refractivity contribution in [1.82, 2.24) is 9.80 Å². The van der Waals surface area contributed by atoms with Gasteiger partial charge in [0.05, 0.1) is 192 Å². The number of rotatable bonds is 86. The Morgan fingerprint density at radius 2 is 0.527 bits per heavy atom. The first-order valence-corrected chi connectivity index (χ1v) is 42.4. The van der Waals surface area contributed by atoms with Crippen molar-refractivity contribution in [2.45, 2.75) is 252 Å². The molecule has 110 heavy (non-hydrogen) atoms. The van der Waals surface area contributed by atoms with Gasteiger partial charge in [0.25, 0.3) is 0 Å². The zero-order valence-corrected chi connectivity index (χ0v) is 70.8. The average molecular weight is 1580 g/mol. The molecule has 0 saturated carbocycles. The third-order valence-corrected chi connectivity index (χ3v) is 16.5. The van der Waals surface area contributed by atoms with E-state index in [1.807, 2.05) is 0 Å². The van der Waals surface area contributed by atoms with Gasteiger partial charge in [-0.2, -0.15) is 0 Å². The van der Waals surface area contributed by atoms with E-state index < -0.39 is 48.4 Å². The smallest absolute Gasteiger partial charge is 0.410 e. The van der Waals surface area contributed by atoms with Crippen LogP contribution in [0.3, 0.4) is 0 Å². The van der Waals surface area contributed by atoms with Crippen LogP contribution in [0.1, 0.15) is 235 Å². The quantitative estimate of drug-likeness (QED) is 0.0237. The van der Waals surface area contributed by atoms with Crippen molar-refractivity contribution in [3.8, 4) is 0 Å². The lowest BCUT2D eigenvalue weighted by atomic mass is 10.1. The maximum atomic E-state index is 12.9. The number of methoxy groups -OCH3 is 1. The monoisotopic (exact) mass is 1580 g/mol. The predicted molar refractivity (Wildman–Crippen MR) is 430 cm³/mol. The standard InChI is InChI=1S/C84H160N2O24/c1-10-12-14-16-18-20-22-24-26-28-30-32-34-36-38-40-44-104-76-78(106-45-41-39-37-35-33-31-29-27-25-23-21-19-17-15-13-11-2)77-105-71-70-102-67-66-100-63-62-98-59-58-96-55-54-94-51-50-92-48-49-93-52-53-95-56-57-97-60-61-99-64-65-101-68-69-103-72-73-108-80(88)75-86(82(90)110-84(6,7)8)43-47-107-79(87)74-85(42-46-91-9)81(89)109-83(3,4)5/h24-27,78H,10-23,28-77H2,1-9H3/b26-24-,27-25-. The van der Waals surface area contributed by atoms with E-state index in [0.717, 1.165) is 35.9 Å². The van der Waals surface area contributed by atoms with Gasteiger partial charge in [0.2, 0.25) is 0 Å². The molecule has 0 heterocycles. The van der Waals surface area contributed by atoms with Crippen molar-refractivity contribution in [2.75, 3.05) is 245 Å². The number of amides is 2. The number of esters is 2. The van der Waals surface area contributed by atoms with Gasteiger partial charge in [-0.3, -0.25) is 19.4 Å². The fourth-order valence-electron chi connectivity index (χ4n) is 10.5. The summed E-state index contributed by atoms with van der Waals surface area (Å²) in [4.78, 5) is 53.0. The molecule has 0 aliphatic heterocycles. The van der Waals surface area contributed by atoms with E-state index in [1.165, 1.54) is 174 Å². The van der Waals surface area contributed by atoms with Gasteiger partial charge < -0.3 is 94.7 Å². The molecule has 0 radical (unpaired) electrons. The Balaban J connectivity index is 3.87. The molecule has 0 N–H and O–H groups in total. The molecule has 0 aromatic carbocycles. The van der Waals surface area contributed by atoms with Crippen molar-refractivity contribution in [2.24, 2.45) is 0 Å². The molecule has 26 nitrogen and oxygen atoms in total. The maximum Gasteiger partial charge on any atom is 0.410 e. The zero-order valence-electron chi connectivity index (χ0n) is 70.8. The molecule has 650 valence electrons. The van der Waals surface area contributed by atoms with E-state index in [2.05, 4.69) is 38.2 Å². The highest BCUT2D eigenvalue weighted by atomic mass is 16.6. The van der Waals surface area contributed by atoms with Crippen LogP contribution in [0.15, 0.2) is 24.3 Å². The first kappa shape index (κ1) is 106. The minimum atomic E-state index is -0.852. The van der Waals surface area contributed by atoms with Crippen molar-refractivity contribution >= 4 is 24.1 Å². The van der Waals surface area contributed by atoms with Crippen LogP contribution in [0.5, 0.6) is 0 Å². The Bertz CT molecular complexity index is 2030. The highest BCUT2D eigenvalue weighted by Crippen LogP contribution is 2.16. The van der Waals surface area contributed by atoms with Gasteiger partial charge in [-0.05, 0) is 106 Å². The number of carbonyl (C=O) groups is 4. The van der Waals surface area contributed by atoms with Crippen LogP contribution in [0.4, 0.5) is 9.59 Å². The molecule has 0 aliphatic rings. The topological polar surface area (TPSA) is 259 Å². The van der Waals surface area contributed by atoms with E-state index in [1.54, 1.807) is 41.5 Å². The number of hydrogen-bond acceptors (Lipinski definition) is 24. The molecule has 0 aromatic heterocycles. The van der Waals surface area contributed by atoms with E-state index in [9.17, 15) is 19.2 Å². The third-order valence-electron chi connectivity index (χ3n) is 16.5. The molecule has 0 rings (SSSR count). The minimum absolute atomic E-state index is 0.0626. The highest BCUT2D eigenvalue weighted by molar-refractivity contribution is 5.79. The summed E-state index contributed by atoms with van der Waals surface area (Å²) in [6.45, 7) is 26.9. The van der Waals surface area contributed by atoms with Crippen LogP contribution < -0.4 is 0 Å². The van der Waals surface area contributed by atoms with Crippen LogP contribution >= 0.6 is 0 Å². The molecule has 0 aromatic rings. The second-order valence-electron chi connectivity index (χ2n) is 29.1. The van der Waals surface area contributed by atoms with Crippen molar-refractivity contribution in [3.63, 3.8) is 0 Å². The summed E-state index contributed by atoms with van der Waals surface area (Å²) in [6, 6.07) is 0. The summed E-state index contributed by atoms with van der Waals surface area (Å²) >= 11 is 0. The molecular weight excluding hydrogens is 1420 g/mol. The molecule has 26 heteroatoms. The molecule has 0 saturated heterocycles. The lowest BCUT2D eigenvalue weighted by molar-refractivity contribution is -0.147. The van der Waals surface area contributed by atoms with Gasteiger partial charge in [0.1, 0.15) is 43.6 Å². The normalized spacial score (nSPS) is 12.3. The summed E-state index contributed by atoms with van der Waals surface area (Å²) < 4.78 is 112. The molecular formula is C84H160N2O24. The summed E-state index contributed by atoms with van der Waals surface area (Å²) in [5, 5.41) is 0. The first-order chi connectivity index (χ1) is 53.6. The molecule has 0 aliphatic carbocycles. The Morgan fingerprint density at radius 3 is 0.827 bits per heavy atom. The second kappa shape index (κ2) is 83.3. The molecule has 0 fully saturated rings. The van der Waals surface area contributed by atoms with Gasteiger partial charge >= 0.3 is 24.1 Å². The maximum absolute atomic E-state index is 12.9. The largest absolute Gasteiger partial charge is 0.462 e. The van der Waals surface area contributed by atoms with E-state index >= 15 is 0 Å². The number of hydrogen-bond donors (Lipinski definition) is 0. The lowest BCUT2D eigenvalue weighted by Crippen LogP contribution is -2.43. The van der Waals surface area contributed by atoms with Crippen LogP contribution in [0, 0.1) is 0 Å². The van der Waals surface area contributed by atoms with Gasteiger partial charge in [-0.25, -0.2) is 9.59 Å². The van der Waals surface area contributed by atoms with Gasteiger partial charge in [-0.1, -0.05) is 154 Å². The van der Waals surface area contributed by atoms with Crippen LogP contribution in [0.2, 0.25) is 0 Å². The Labute approximate surface area is 666 Å².